The van der Waals surface area contributed by atoms with Crippen molar-refractivity contribution in [1.82, 2.24) is 15.0 Å². The van der Waals surface area contributed by atoms with Gasteiger partial charge < -0.3 is 5.73 Å². The second-order valence-electron chi connectivity index (χ2n) is 3.60. The second-order valence-corrected chi connectivity index (χ2v) is 3.60. The van der Waals surface area contributed by atoms with Crippen molar-refractivity contribution in [2.45, 2.75) is 13.0 Å². The third-order valence-corrected chi connectivity index (χ3v) is 2.20. The van der Waals surface area contributed by atoms with Gasteiger partial charge in [0.05, 0.1) is 11.9 Å². The molecule has 0 radical (unpaired) electrons. The predicted molar refractivity (Wildman–Crippen MR) is 53.8 cm³/mol. The van der Waals surface area contributed by atoms with Crippen LogP contribution in [0.5, 0.6) is 0 Å². The molecule has 0 aliphatic heterocycles. The van der Waals surface area contributed by atoms with E-state index >= 15 is 0 Å². The third-order valence-electron chi connectivity index (χ3n) is 2.20. The van der Waals surface area contributed by atoms with Crippen LogP contribution in [0.2, 0.25) is 0 Å². The maximum Gasteiger partial charge on any atom is 0.184 e. The molecular weight excluding hydrogens is 233 g/mol. The Kier molecular flexibility index (Phi) is 2.84. The molecule has 2 rings (SSSR count). The first kappa shape index (κ1) is 11.6. The highest BCUT2D eigenvalue weighted by atomic mass is 19.2. The van der Waals surface area contributed by atoms with Crippen molar-refractivity contribution in [3.63, 3.8) is 0 Å². The van der Waals surface area contributed by atoms with Crippen LogP contribution in [0.1, 0.15) is 18.7 Å². The van der Waals surface area contributed by atoms with Gasteiger partial charge >= 0.3 is 0 Å². The molecule has 1 heterocycles. The topological polar surface area (TPSA) is 56.7 Å². The van der Waals surface area contributed by atoms with Crippen molar-refractivity contribution in [2.24, 2.45) is 5.73 Å². The highest BCUT2D eigenvalue weighted by Gasteiger charge is 2.15. The first-order chi connectivity index (χ1) is 7.99. The van der Waals surface area contributed by atoms with Crippen LogP contribution < -0.4 is 5.73 Å². The van der Waals surface area contributed by atoms with Crippen LogP contribution in [-0.2, 0) is 0 Å². The molecule has 0 fully saturated rings. The maximum atomic E-state index is 13.4. The van der Waals surface area contributed by atoms with Crippen LogP contribution in [0.4, 0.5) is 13.2 Å². The molecule has 4 nitrogen and oxygen atoms in total. The molecular formula is C10H9F3N4. The molecule has 1 atom stereocenters. The lowest BCUT2D eigenvalue weighted by Crippen LogP contribution is -2.05. The van der Waals surface area contributed by atoms with Crippen molar-refractivity contribution < 1.29 is 13.2 Å². The summed E-state index contributed by atoms with van der Waals surface area (Å²) in [7, 11) is 0. The van der Waals surface area contributed by atoms with Crippen LogP contribution >= 0.6 is 0 Å². The van der Waals surface area contributed by atoms with Crippen molar-refractivity contribution in [2.75, 3.05) is 0 Å². The summed E-state index contributed by atoms with van der Waals surface area (Å²) in [5, 5.41) is 7.23. The monoisotopic (exact) mass is 242 g/mol. The Balaban J connectivity index is 2.52. The quantitative estimate of drug-likeness (QED) is 0.815. The molecule has 1 aromatic heterocycles. The lowest BCUT2D eigenvalue weighted by atomic mass is 10.2. The fraction of sp³-hybridized carbons (Fsp3) is 0.200. The van der Waals surface area contributed by atoms with E-state index in [0.29, 0.717) is 11.8 Å². The van der Waals surface area contributed by atoms with Crippen LogP contribution in [0, 0.1) is 17.5 Å². The number of hydrogen-bond acceptors (Lipinski definition) is 3. The minimum absolute atomic E-state index is 0.345. The molecule has 7 heteroatoms. The summed E-state index contributed by atoms with van der Waals surface area (Å²) in [6.07, 6.45) is 1.32. The van der Waals surface area contributed by atoms with E-state index in [1.807, 2.05) is 0 Å². The highest BCUT2D eigenvalue weighted by Crippen LogP contribution is 2.18. The van der Waals surface area contributed by atoms with Gasteiger partial charge in [-0.1, -0.05) is 5.21 Å². The molecule has 0 amide bonds. The number of nitrogens with two attached hydrogens (primary N) is 1. The molecule has 0 saturated heterocycles. The molecule has 1 unspecified atom stereocenters. The summed E-state index contributed by atoms with van der Waals surface area (Å²) >= 11 is 0. The van der Waals surface area contributed by atoms with Crippen LogP contribution in [0.3, 0.4) is 0 Å². The van der Waals surface area contributed by atoms with Gasteiger partial charge in [-0.2, -0.15) is 0 Å². The average Bonchev–Trinajstić information content (AvgIpc) is 2.72. The zero-order valence-corrected chi connectivity index (χ0v) is 8.86. The lowest BCUT2D eigenvalue weighted by Gasteiger charge is -2.03. The Labute approximate surface area is 94.9 Å². The van der Waals surface area contributed by atoms with Crippen LogP contribution in [-0.4, -0.2) is 15.0 Å². The van der Waals surface area contributed by atoms with Gasteiger partial charge in [-0.15, -0.1) is 5.10 Å². The summed E-state index contributed by atoms with van der Waals surface area (Å²) in [5.41, 5.74) is 5.60. The number of aromatic nitrogens is 3. The van der Waals surface area contributed by atoms with E-state index in [2.05, 4.69) is 10.3 Å². The summed E-state index contributed by atoms with van der Waals surface area (Å²) in [4.78, 5) is 0. The van der Waals surface area contributed by atoms with Gasteiger partial charge in [-0.3, -0.25) is 0 Å². The molecule has 0 aliphatic rings. The fourth-order valence-electron chi connectivity index (χ4n) is 1.31. The van der Waals surface area contributed by atoms with Crippen molar-refractivity contribution in [1.29, 1.82) is 0 Å². The van der Waals surface area contributed by atoms with Gasteiger partial charge in [-0.05, 0) is 6.92 Å². The Hall–Kier alpha value is -1.89. The van der Waals surface area contributed by atoms with Gasteiger partial charge in [0.25, 0.3) is 0 Å². The Morgan fingerprint density at radius 1 is 1.29 bits per heavy atom. The molecule has 0 bridgehead atoms. The van der Waals surface area contributed by atoms with Crippen LogP contribution in [0.25, 0.3) is 5.69 Å². The lowest BCUT2D eigenvalue weighted by molar-refractivity contribution is 0.487. The Morgan fingerprint density at radius 2 is 2.00 bits per heavy atom. The van der Waals surface area contributed by atoms with Gasteiger partial charge in [0, 0.05) is 18.2 Å². The first-order valence-corrected chi connectivity index (χ1v) is 4.82. The van der Waals surface area contributed by atoms with E-state index in [0.717, 1.165) is 10.7 Å². The summed E-state index contributed by atoms with van der Waals surface area (Å²) in [6, 6.07) is 0.894. The summed E-state index contributed by atoms with van der Waals surface area (Å²) < 4.78 is 40.3. The number of nitrogens with zero attached hydrogens (tertiary/aromatic N) is 3. The third kappa shape index (κ3) is 2.14. The largest absolute Gasteiger partial charge is 0.323 e. The molecule has 0 spiro atoms. The second kappa shape index (κ2) is 4.17. The SMILES string of the molecule is CC(N)c1cn(-c2cc(F)cc(F)c2F)nn1. The van der Waals surface area contributed by atoms with Gasteiger partial charge in [-0.25, -0.2) is 17.9 Å². The van der Waals surface area contributed by atoms with Gasteiger partial charge in [0.1, 0.15) is 11.5 Å². The molecule has 0 aliphatic carbocycles. The smallest absolute Gasteiger partial charge is 0.184 e. The minimum atomic E-state index is -1.28. The number of rotatable bonds is 2. The first-order valence-electron chi connectivity index (χ1n) is 4.82. The van der Waals surface area contributed by atoms with E-state index in [1.54, 1.807) is 6.92 Å². The normalized spacial score (nSPS) is 12.8. The van der Waals surface area contributed by atoms with E-state index in [1.165, 1.54) is 6.20 Å². The number of hydrogen-bond donors (Lipinski definition) is 1. The molecule has 90 valence electrons. The predicted octanol–water partition coefficient (Wildman–Crippen LogP) is 1.70. The molecule has 2 N–H and O–H groups in total. The van der Waals surface area contributed by atoms with E-state index in [9.17, 15) is 13.2 Å². The van der Waals surface area contributed by atoms with Crippen molar-refractivity contribution >= 4 is 0 Å². The summed E-state index contributed by atoms with van der Waals surface area (Å²) in [6.45, 7) is 1.66. The molecule has 2 aromatic rings. The van der Waals surface area contributed by atoms with E-state index in [-0.39, 0.29) is 5.69 Å². The number of benzene rings is 1. The highest BCUT2D eigenvalue weighted by molar-refractivity contribution is 5.34. The van der Waals surface area contributed by atoms with E-state index < -0.39 is 23.5 Å². The van der Waals surface area contributed by atoms with E-state index in [4.69, 9.17) is 5.73 Å². The van der Waals surface area contributed by atoms with Crippen molar-refractivity contribution in [3.05, 3.63) is 41.5 Å². The van der Waals surface area contributed by atoms with Crippen molar-refractivity contribution in [3.8, 4) is 5.69 Å². The average molecular weight is 242 g/mol. The Bertz CT molecular complexity index is 550. The standard InChI is InChI=1S/C10H9F3N4/c1-5(14)8-4-17(16-15-8)9-3-6(11)2-7(12)10(9)13/h2-5H,14H2,1H3. The number of halogens is 3. The maximum absolute atomic E-state index is 13.4. The zero-order chi connectivity index (χ0) is 12.6. The van der Waals surface area contributed by atoms with Crippen LogP contribution in [0.15, 0.2) is 18.3 Å². The molecule has 17 heavy (non-hydrogen) atoms. The fourth-order valence-corrected chi connectivity index (χ4v) is 1.31. The minimum Gasteiger partial charge on any atom is -0.323 e. The Morgan fingerprint density at radius 3 is 2.59 bits per heavy atom. The summed E-state index contributed by atoms with van der Waals surface area (Å²) in [5.74, 6) is -3.36. The van der Waals surface area contributed by atoms with Gasteiger partial charge in [0.2, 0.25) is 0 Å². The zero-order valence-electron chi connectivity index (χ0n) is 8.86. The van der Waals surface area contributed by atoms with Gasteiger partial charge in [0.15, 0.2) is 11.6 Å². The molecule has 1 aromatic carbocycles. The molecule has 0 saturated carbocycles.